The van der Waals surface area contributed by atoms with E-state index in [1.807, 2.05) is 6.07 Å². The largest absolute Gasteiger partial charge is 0.416 e. The van der Waals surface area contributed by atoms with Gasteiger partial charge in [-0.3, -0.25) is 0 Å². The lowest BCUT2D eigenvalue weighted by Gasteiger charge is -2.08. The molecule has 0 aliphatic heterocycles. The minimum Gasteiger partial charge on any atom is -0.332 e. The van der Waals surface area contributed by atoms with E-state index in [1.165, 1.54) is 17.4 Å². The van der Waals surface area contributed by atoms with Gasteiger partial charge in [0.05, 0.1) is 15.8 Å². The Hall–Kier alpha value is -1.79. The monoisotopic (exact) mass is 328 g/mol. The van der Waals surface area contributed by atoms with Gasteiger partial charge in [-0.1, -0.05) is 29.0 Å². The van der Waals surface area contributed by atoms with Crippen LogP contribution in [0, 0.1) is 0 Å². The average molecular weight is 329 g/mol. The molecule has 1 heterocycles. The van der Waals surface area contributed by atoms with Crippen LogP contribution in [0.15, 0.2) is 42.5 Å². The number of nitrogens with one attached hydrogen (secondary N) is 1. The van der Waals surface area contributed by atoms with Gasteiger partial charge in [0.25, 0.3) is 0 Å². The third-order valence-corrected chi connectivity index (χ3v) is 3.98. The van der Waals surface area contributed by atoms with Crippen LogP contribution in [0.2, 0.25) is 5.02 Å². The van der Waals surface area contributed by atoms with Gasteiger partial charge in [-0.05, 0) is 36.4 Å². The van der Waals surface area contributed by atoms with E-state index in [9.17, 15) is 13.2 Å². The van der Waals surface area contributed by atoms with Gasteiger partial charge in [0.15, 0.2) is 5.13 Å². The predicted octanol–water partition coefficient (Wildman–Crippen LogP) is 5.71. The summed E-state index contributed by atoms with van der Waals surface area (Å²) in [5, 5.41) is 3.98. The Morgan fingerprint density at radius 2 is 1.90 bits per heavy atom. The van der Waals surface area contributed by atoms with Crippen molar-refractivity contribution in [3.05, 3.63) is 53.1 Å². The van der Waals surface area contributed by atoms with E-state index in [0.29, 0.717) is 21.4 Å². The highest BCUT2D eigenvalue weighted by molar-refractivity contribution is 7.22. The first-order valence-electron chi connectivity index (χ1n) is 5.92. The topological polar surface area (TPSA) is 24.9 Å². The first kappa shape index (κ1) is 14.2. The van der Waals surface area contributed by atoms with Crippen LogP contribution in [0.5, 0.6) is 0 Å². The van der Waals surface area contributed by atoms with Crippen LogP contribution in [0.4, 0.5) is 24.0 Å². The van der Waals surface area contributed by atoms with Gasteiger partial charge < -0.3 is 5.32 Å². The zero-order valence-corrected chi connectivity index (χ0v) is 12.0. The van der Waals surface area contributed by atoms with Crippen molar-refractivity contribution in [3.63, 3.8) is 0 Å². The Bertz CT molecular complexity index is 798. The molecule has 108 valence electrons. The number of thiazole rings is 1. The normalized spacial score (nSPS) is 11.8. The number of halogens is 4. The fraction of sp³-hybridized carbons (Fsp3) is 0.0714. The van der Waals surface area contributed by atoms with Crippen LogP contribution in [0.1, 0.15) is 5.56 Å². The molecule has 2 nitrogen and oxygen atoms in total. The zero-order valence-electron chi connectivity index (χ0n) is 10.4. The molecule has 0 spiro atoms. The van der Waals surface area contributed by atoms with Crippen molar-refractivity contribution in [2.45, 2.75) is 6.18 Å². The second kappa shape index (κ2) is 5.20. The lowest BCUT2D eigenvalue weighted by molar-refractivity contribution is -0.137. The van der Waals surface area contributed by atoms with Crippen LogP contribution in [0.3, 0.4) is 0 Å². The number of fused-ring (bicyclic) bond motifs is 1. The molecule has 1 aromatic heterocycles. The molecule has 0 atom stereocenters. The molecule has 0 bridgehead atoms. The molecule has 0 saturated heterocycles. The fourth-order valence-electron chi connectivity index (χ4n) is 1.85. The molecule has 0 amide bonds. The van der Waals surface area contributed by atoms with Gasteiger partial charge in [-0.25, -0.2) is 4.98 Å². The lowest BCUT2D eigenvalue weighted by atomic mass is 10.2. The molecule has 7 heteroatoms. The van der Waals surface area contributed by atoms with Crippen molar-refractivity contribution >= 4 is 44.0 Å². The Morgan fingerprint density at radius 3 is 2.67 bits per heavy atom. The number of aromatic nitrogens is 1. The quantitative estimate of drug-likeness (QED) is 0.651. The van der Waals surface area contributed by atoms with Gasteiger partial charge in [0.1, 0.15) is 0 Å². The Morgan fingerprint density at radius 1 is 1.10 bits per heavy atom. The van der Waals surface area contributed by atoms with Crippen LogP contribution < -0.4 is 5.32 Å². The summed E-state index contributed by atoms with van der Waals surface area (Å²) in [6.45, 7) is 0. The van der Waals surface area contributed by atoms with Gasteiger partial charge in [-0.15, -0.1) is 0 Å². The van der Waals surface area contributed by atoms with E-state index in [0.717, 1.165) is 16.8 Å². The van der Waals surface area contributed by atoms with E-state index in [4.69, 9.17) is 11.6 Å². The second-order valence-electron chi connectivity index (χ2n) is 4.33. The summed E-state index contributed by atoms with van der Waals surface area (Å²) in [4.78, 5) is 4.30. The van der Waals surface area contributed by atoms with Crippen molar-refractivity contribution in [2.75, 3.05) is 5.32 Å². The fourth-order valence-corrected chi connectivity index (χ4v) is 2.88. The predicted molar refractivity (Wildman–Crippen MR) is 79.4 cm³/mol. The smallest absolute Gasteiger partial charge is 0.332 e. The second-order valence-corrected chi connectivity index (χ2v) is 5.80. The number of hydrogen-bond acceptors (Lipinski definition) is 3. The molecule has 3 aromatic rings. The van der Waals surface area contributed by atoms with E-state index in [1.54, 1.807) is 18.2 Å². The number of hydrogen-bond donors (Lipinski definition) is 1. The number of rotatable bonds is 2. The molecule has 3 rings (SSSR count). The van der Waals surface area contributed by atoms with E-state index in [-0.39, 0.29) is 0 Å². The highest BCUT2D eigenvalue weighted by atomic mass is 35.5. The Labute approximate surface area is 127 Å². The molecule has 1 N–H and O–H groups in total. The van der Waals surface area contributed by atoms with Crippen molar-refractivity contribution in [1.82, 2.24) is 4.98 Å². The summed E-state index contributed by atoms with van der Waals surface area (Å²) in [7, 11) is 0. The average Bonchev–Trinajstić information content (AvgIpc) is 2.79. The number of benzene rings is 2. The number of anilines is 2. The van der Waals surface area contributed by atoms with Crippen molar-refractivity contribution < 1.29 is 13.2 Å². The molecule has 0 aliphatic carbocycles. The summed E-state index contributed by atoms with van der Waals surface area (Å²) in [5.74, 6) is 0. The van der Waals surface area contributed by atoms with Crippen molar-refractivity contribution in [3.8, 4) is 0 Å². The van der Waals surface area contributed by atoms with E-state index in [2.05, 4.69) is 10.3 Å². The molecule has 0 fully saturated rings. The first-order valence-corrected chi connectivity index (χ1v) is 7.12. The minimum atomic E-state index is -4.36. The third-order valence-electron chi connectivity index (χ3n) is 2.79. The summed E-state index contributed by atoms with van der Waals surface area (Å²) in [6, 6.07) is 10.3. The maximum atomic E-state index is 12.7. The Kier molecular flexibility index (Phi) is 3.51. The summed E-state index contributed by atoms with van der Waals surface area (Å²) >= 11 is 7.23. The maximum absolute atomic E-state index is 12.7. The summed E-state index contributed by atoms with van der Waals surface area (Å²) in [5.41, 5.74) is 0.355. The maximum Gasteiger partial charge on any atom is 0.416 e. The highest BCUT2D eigenvalue weighted by Crippen LogP contribution is 2.33. The van der Waals surface area contributed by atoms with Crippen LogP contribution in [-0.2, 0) is 6.18 Å². The number of nitrogens with zero attached hydrogens (tertiary/aromatic N) is 1. The van der Waals surface area contributed by atoms with Crippen LogP contribution >= 0.6 is 22.9 Å². The minimum absolute atomic E-state index is 0.343. The van der Waals surface area contributed by atoms with Crippen molar-refractivity contribution in [1.29, 1.82) is 0 Å². The molecule has 21 heavy (non-hydrogen) atoms. The highest BCUT2D eigenvalue weighted by Gasteiger charge is 2.30. The van der Waals surface area contributed by atoms with Gasteiger partial charge in [-0.2, -0.15) is 13.2 Å². The SMILES string of the molecule is FC(F)(F)c1cccc(Nc2nc3cc(Cl)ccc3s2)c1. The van der Waals surface area contributed by atoms with E-state index >= 15 is 0 Å². The van der Waals surface area contributed by atoms with E-state index < -0.39 is 11.7 Å². The molecule has 0 radical (unpaired) electrons. The van der Waals surface area contributed by atoms with Crippen LogP contribution in [-0.4, -0.2) is 4.98 Å². The third kappa shape index (κ3) is 3.11. The molecule has 0 unspecified atom stereocenters. The first-order chi connectivity index (χ1) is 9.91. The zero-order chi connectivity index (χ0) is 15.0. The summed E-state index contributed by atoms with van der Waals surface area (Å²) < 4.78 is 38.9. The Balaban J connectivity index is 1.91. The molecular weight excluding hydrogens is 321 g/mol. The molecule has 0 aliphatic rings. The molecular formula is C14H8ClF3N2S. The van der Waals surface area contributed by atoms with Gasteiger partial charge >= 0.3 is 6.18 Å². The number of alkyl halides is 3. The van der Waals surface area contributed by atoms with Crippen LogP contribution in [0.25, 0.3) is 10.2 Å². The van der Waals surface area contributed by atoms with Crippen molar-refractivity contribution in [2.24, 2.45) is 0 Å². The van der Waals surface area contributed by atoms with Gasteiger partial charge in [0.2, 0.25) is 0 Å². The summed E-state index contributed by atoms with van der Waals surface area (Å²) in [6.07, 6.45) is -4.36. The molecule has 2 aromatic carbocycles. The molecule has 0 saturated carbocycles. The standard InChI is InChI=1S/C14H8ClF3N2S/c15-9-4-5-12-11(7-9)20-13(21-12)19-10-3-1-2-8(6-10)14(16,17)18/h1-7H,(H,19,20). The lowest BCUT2D eigenvalue weighted by Crippen LogP contribution is -2.05. The van der Waals surface area contributed by atoms with Gasteiger partial charge in [0, 0.05) is 10.7 Å².